The van der Waals surface area contributed by atoms with Gasteiger partial charge in [-0.1, -0.05) is 12.1 Å². The van der Waals surface area contributed by atoms with Crippen LogP contribution in [0.5, 0.6) is 5.75 Å². The number of rotatable bonds is 9. The van der Waals surface area contributed by atoms with Crippen LogP contribution in [-0.2, 0) is 16.0 Å². The molecule has 0 radical (unpaired) electrons. The van der Waals surface area contributed by atoms with Crippen LogP contribution in [0.3, 0.4) is 0 Å². The zero-order valence-corrected chi connectivity index (χ0v) is 15.4. The lowest BCUT2D eigenvalue weighted by Gasteiger charge is -2.34. The number of carbonyl (C=O) groups is 1. The van der Waals surface area contributed by atoms with Crippen molar-refractivity contribution in [3.8, 4) is 5.75 Å². The summed E-state index contributed by atoms with van der Waals surface area (Å²) in [6.07, 6.45) is 2.20. The Balaban J connectivity index is 1.74. The molecule has 0 saturated carbocycles. The molecule has 1 fully saturated rings. The average Bonchev–Trinajstić information content (AvgIpc) is 2.63. The van der Waals surface area contributed by atoms with Gasteiger partial charge in [0.1, 0.15) is 12.4 Å². The van der Waals surface area contributed by atoms with Gasteiger partial charge in [0, 0.05) is 32.8 Å². The summed E-state index contributed by atoms with van der Waals surface area (Å²) in [4.78, 5) is 14.6. The van der Waals surface area contributed by atoms with Crippen molar-refractivity contribution in [2.45, 2.75) is 19.3 Å². The van der Waals surface area contributed by atoms with Crippen molar-refractivity contribution in [3.05, 3.63) is 29.8 Å². The molecule has 140 valence electrons. The van der Waals surface area contributed by atoms with E-state index in [4.69, 9.17) is 15.2 Å². The van der Waals surface area contributed by atoms with Gasteiger partial charge in [-0.2, -0.15) is 0 Å². The largest absolute Gasteiger partial charge is 0.492 e. The molecule has 6 nitrogen and oxygen atoms in total. The maximum atomic E-state index is 12.5. The second-order valence-corrected chi connectivity index (χ2v) is 6.90. The highest BCUT2D eigenvalue weighted by molar-refractivity contribution is 5.83. The van der Waals surface area contributed by atoms with Crippen LogP contribution in [-0.4, -0.2) is 64.4 Å². The Labute approximate surface area is 150 Å². The van der Waals surface area contributed by atoms with Gasteiger partial charge in [-0.25, -0.2) is 0 Å². The lowest BCUT2D eigenvalue weighted by Crippen LogP contribution is -2.49. The Hall–Kier alpha value is -1.63. The minimum atomic E-state index is -0.456. The quantitative estimate of drug-likeness (QED) is 0.697. The summed E-state index contributed by atoms with van der Waals surface area (Å²) in [5, 5.41) is 3.04. The highest BCUT2D eigenvalue weighted by Crippen LogP contribution is 2.29. The number of nitrogens with two attached hydrogens (primary N) is 1. The molecule has 6 heteroatoms. The number of nitrogens with zero attached hydrogens (tertiary/aromatic N) is 1. The summed E-state index contributed by atoms with van der Waals surface area (Å²) in [7, 11) is 4.05. The van der Waals surface area contributed by atoms with Gasteiger partial charge >= 0.3 is 0 Å². The highest BCUT2D eigenvalue weighted by Gasteiger charge is 2.38. The first-order chi connectivity index (χ1) is 12.1. The normalized spacial score (nSPS) is 16.6. The van der Waals surface area contributed by atoms with Crippen LogP contribution < -0.4 is 15.8 Å². The van der Waals surface area contributed by atoms with E-state index in [1.807, 2.05) is 38.4 Å². The predicted molar refractivity (Wildman–Crippen MR) is 98.7 cm³/mol. The van der Waals surface area contributed by atoms with Crippen molar-refractivity contribution in [2.75, 3.05) is 53.6 Å². The number of likely N-dealkylation sites (N-methyl/N-ethyl adjacent to an activating group) is 1. The van der Waals surface area contributed by atoms with Gasteiger partial charge in [0.2, 0.25) is 5.91 Å². The molecule has 1 amide bonds. The maximum absolute atomic E-state index is 12.5. The minimum absolute atomic E-state index is 0.0574. The van der Waals surface area contributed by atoms with E-state index in [9.17, 15) is 4.79 Å². The van der Waals surface area contributed by atoms with Crippen molar-refractivity contribution in [1.29, 1.82) is 0 Å². The highest BCUT2D eigenvalue weighted by atomic mass is 16.5. The molecule has 1 aliphatic heterocycles. The molecule has 0 bridgehead atoms. The summed E-state index contributed by atoms with van der Waals surface area (Å²) in [5.41, 5.74) is 6.58. The topological polar surface area (TPSA) is 76.8 Å². The van der Waals surface area contributed by atoms with Crippen molar-refractivity contribution in [2.24, 2.45) is 11.1 Å². The summed E-state index contributed by atoms with van der Waals surface area (Å²) in [6.45, 7) is 3.78. The number of hydrogen-bond acceptors (Lipinski definition) is 5. The molecule has 0 unspecified atom stereocenters. The molecule has 0 aromatic heterocycles. The van der Waals surface area contributed by atoms with Crippen LogP contribution in [0.15, 0.2) is 24.3 Å². The van der Waals surface area contributed by atoms with E-state index in [0.717, 1.165) is 18.7 Å². The molecule has 25 heavy (non-hydrogen) atoms. The zero-order chi connectivity index (χ0) is 18.1. The third-order valence-corrected chi connectivity index (χ3v) is 4.75. The summed E-state index contributed by atoms with van der Waals surface area (Å²) in [5.74, 6) is 0.931. The Morgan fingerprint density at radius 2 is 1.96 bits per heavy atom. The van der Waals surface area contributed by atoms with E-state index in [-0.39, 0.29) is 5.91 Å². The van der Waals surface area contributed by atoms with E-state index in [0.29, 0.717) is 45.8 Å². The molecule has 1 heterocycles. The molecule has 2 rings (SSSR count). The van der Waals surface area contributed by atoms with Gasteiger partial charge in [-0.05, 0) is 51.1 Å². The predicted octanol–water partition coefficient (Wildman–Crippen LogP) is 1.04. The molecular weight excluding hydrogens is 318 g/mol. The number of amides is 1. The molecular formula is C19H31N3O3. The van der Waals surface area contributed by atoms with E-state index in [1.54, 1.807) is 0 Å². The van der Waals surface area contributed by atoms with Crippen molar-refractivity contribution in [1.82, 2.24) is 10.2 Å². The van der Waals surface area contributed by atoms with Gasteiger partial charge in [0.15, 0.2) is 0 Å². The molecule has 3 N–H and O–H groups in total. The van der Waals surface area contributed by atoms with Crippen molar-refractivity contribution in [3.63, 3.8) is 0 Å². The monoisotopic (exact) mass is 349 g/mol. The maximum Gasteiger partial charge on any atom is 0.227 e. The molecule has 0 aliphatic carbocycles. The van der Waals surface area contributed by atoms with Crippen LogP contribution in [0.25, 0.3) is 0 Å². The van der Waals surface area contributed by atoms with Crippen LogP contribution in [0.1, 0.15) is 18.4 Å². The fraction of sp³-hybridized carbons (Fsp3) is 0.632. The fourth-order valence-electron chi connectivity index (χ4n) is 2.89. The first-order valence-corrected chi connectivity index (χ1v) is 8.98. The Kier molecular flexibility index (Phi) is 7.68. The van der Waals surface area contributed by atoms with Gasteiger partial charge in [-0.15, -0.1) is 0 Å². The summed E-state index contributed by atoms with van der Waals surface area (Å²) < 4.78 is 11.0. The SMILES string of the molecule is CN(C)CCOc1ccc(CCNC(=O)C2(CN)CCOCC2)cc1. The first kappa shape index (κ1) is 19.7. The lowest BCUT2D eigenvalue weighted by molar-refractivity contribution is -0.135. The number of nitrogens with one attached hydrogen (secondary N) is 1. The number of hydrogen-bond donors (Lipinski definition) is 2. The minimum Gasteiger partial charge on any atom is -0.492 e. The Bertz CT molecular complexity index is 525. The Morgan fingerprint density at radius 3 is 2.56 bits per heavy atom. The second-order valence-electron chi connectivity index (χ2n) is 6.90. The van der Waals surface area contributed by atoms with E-state index in [2.05, 4.69) is 10.2 Å². The number of carbonyl (C=O) groups excluding carboxylic acids is 1. The fourth-order valence-corrected chi connectivity index (χ4v) is 2.89. The van der Waals surface area contributed by atoms with Crippen LogP contribution in [0.2, 0.25) is 0 Å². The molecule has 1 aliphatic rings. The average molecular weight is 349 g/mol. The van der Waals surface area contributed by atoms with Crippen molar-refractivity contribution < 1.29 is 14.3 Å². The zero-order valence-electron chi connectivity index (χ0n) is 15.4. The third-order valence-electron chi connectivity index (χ3n) is 4.75. The van der Waals surface area contributed by atoms with Gasteiger partial charge in [-0.3, -0.25) is 4.79 Å². The van der Waals surface area contributed by atoms with E-state index >= 15 is 0 Å². The molecule has 1 aromatic rings. The molecule has 1 saturated heterocycles. The van der Waals surface area contributed by atoms with Crippen LogP contribution in [0, 0.1) is 5.41 Å². The smallest absolute Gasteiger partial charge is 0.227 e. The molecule has 1 aromatic carbocycles. The van der Waals surface area contributed by atoms with E-state index < -0.39 is 5.41 Å². The van der Waals surface area contributed by atoms with Gasteiger partial charge in [0.05, 0.1) is 5.41 Å². The van der Waals surface area contributed by atoms with Gasteiger partial charge in [0.25, 0.3) is 0 Å². The number of ether oxygens (including phenoxy) is 2. The van der Waals surface area contributed by atoms with Gasteiger partial charge < -0.3 is 25.4 Å². The third kappa shape index (κ3) is 5.99. The summed E-state index contributed by atoms with van der Waals surface area (Å²) in [6, 6.07) is 8.05. The Morgan fingerprint density at radius 1 is 1.28 bits per heavy atom. The van der Waals surface area contributed by atoms with E-state index in [1.165, 1.54) is 5.56 Å². The van der Waals surface area contributed by atoms with Crippen molar-refractivity contribution >= 4 is 5.91 Å². The first-order valence-electron chi connectivity index (χ1n) is 8.98. The van der Waals surface area contributed by atoms with Crippen LogP contribution in [0.4, 0.5) is 0 Å². The standard InChI is InChI=1S/C19H31N3O3/c1-22(2)11-14-25-17-5-3-16(4-6-17)7-10-21-18(23)19(15-20)8-12-24-13-9-19/h3-6H,7-15,20H2,1-2H3,(H,21,23). The van der Waals surface area contributed by atoms with Crippen LogP contribution >= 0.6 is 0 Å². The molecule has 0 atom stereocenters. The molecule has 0 spiro atoms. The second kappa shape index (κ2) is 9.75. The summed E-state index contributed by atoms with van der Waals surface area (Å²) >= 11 is 0. The lowest BCUT2D eigenvalue weighted by atomic mass is 9.79. The number of benzene rings is 1.